The number of carbonyl (C=O) groups is 2. The Morgan fingerprint density at radius 3 is 2.63 bits per heavy atom. The second kappa shape index (κ2) is 9.22. The number of nitrogens with zero attached hydrogens (tertiary/aromatic N) is 2. The van der Waals surface area contributed by atoms with Crippen LogP contribution in [0, 0.1) is 0 Å². The van der Waals surface area contributed by atoms with Gasteiger partial charge in [-0.15, -0.1) is 0 Å². The molecule has 1 unspecified atom stereocenters. The lowest BCUT2D eigenvalue weighted by atomic mass is 9.94. The first-order valence-electron chi connectivity index (χ1n) is 10.1. The van der Waals surface area contributed by atoms with Gasteiger partial charge in [0.25, 0.3) is 0 Å². The van der Waals surface area contributed by atoms with Crippen molar-refractivity contribution in [3.8, 4) is 0 Å². The van der Waals surface area contributed by atoms with Gasteiger partial charge in [-0.25, -0.2) is 4.79 Å². The summed E-state index contributed by atoms with van der Waals surface area (Å²) < 4.78 is 0. The Bertz CT molecular complexity index is 637. The maximum atomic E-state index is 12.8. The smallest absolute Gasteiger partial charge is 0.317 e. The molecule has 3 rings (SSSR count). The molecular weight excluding hydrogens is 342 g/mol. The predicted molar refractivity (Wildman–Crippen MR) is 105 cm³/mol. The molecule has 1 aromatic carbocycles. The minimum atomic E-state index is -0.801. The number of carboxylic acids is 1. The second-order valence-corrected chi connectivity index (χ2v) is 7.88. The second-order valence-electron chi connectivity index (χ2n) is 7.88. The summed E-state index contributed by atoms with van der Waals surface area (Å²) in [6.45, 7) is 1.48. The number of urea groups is 1. The maximum absolute atomic E-state index is 12.8. The molecule has 2 aliphatic rings. The summed E-state index contributed by atoms with van der Waals surface area (Å²) in [4.78, 5) is 27.6. The van der Waals surface area contributed by atoms with Gasteiger partial charge in [0.2, 0.25) is 0 Å². The molecular formula is C21H31N3O3. The van der Waals surface area contributed by atoms with Gasteiger partial charge >= 0.3 is 12.0 Å². The lowest BCUT2D eigenvalue weighted by Crippen LogP contribution is -2.46. The lowest BCUT2D eigenvalue weighted by Gasteiger charge is -2.28. The fourth-order valence-corrected chi connectivity index (χ4v) is 4.55. The third-order valence-electron chi connectivity index (χ3n) is 6.05. The van der Waals surface area contributed by atoms with Crippen LogP contribution in [0.25, 0.3) is 0 Å². The molecule has 0 bridgehead atoms. The summed E-state index contributed by atoms with van der Waals surface area (Å²) in [5.41, 5.74) is 1.31. The van der Waals surface area contributed by atoms with E-state index in [2.05, 4.69) is 29.6 Å². The van der Waals surface area contributed by atoms with Crippen molar-refractivity contribution in [2.75, 3.05) is 26.7 Å². The van der Waals surface area contributed by atoms with E-state index in [0.29, 0.717) is 12.5 Å². The predicted octanol–water partition coefficient (Wildman–Crippen LogP) is 2.90. The Balaban J connectivity index is 1.54. The van der Waals surface area contributed by atoms with Crippen molar-refractivity contribution in [2.24, 2.45) is 0 Å². The summed E-state index contributed by atoms with van der Waals surface area (Å²) in [6.07, 6.45) is 5.97. The molecule has 2 amide bonds. The van der Waals surface area contributed by atoms with Crippen LogP contribution < -0.4 is 5.32 Å². The molecule has 3 atom stereocenters. The van der Waals surface area contributed by atoms with E-state index in [1.807, 2.05) is 22.9 Å². The first-order valence-corrected chi connectivity index (χ1v) is 10.1. The highest BCUT2D eigenvalue weighted by molar-refractivity contribution is 5.74. The zero-order chi connectivity index (χ0) is 19.2. The zero-order valence-electron chi connectivity index (χ0n) is 16.1. The molecule has 1 saturated heterocycles. The molecule has 0 spiro atoms. The minimum Gasteiger partial charge on any atom is -0.480 e. The fourth-order valence-electron chi connectivity index (χ4n) is 4.55. The lowest BCUT2D eigenvalue weighted by molar-refractivity contribution is -0.138. The molecule has 2 fully saturated rings. The number of carbonyl (C=O) groups excluding carboxylic acids is 1. The van der Waals surface area contributed by atoms with Gasteiger partial charge in [-0.3, -0.25) is 9.69 Å². The van der Waals surface area contributed by atoms with Gasteiger partial charge in [-0.2, -0.15) is 0 Å². The third-order valence-corrected chi connectivity index (χ3v) is 6.05. The average Bonchev–Trinajstić information content (AvgIpc) is 2.96. The number of likely N-dealkylation sites (tertiary alicyclic amines) is 1. The molecule has 0 radical (unpaired) electrons. The largest absolute Gasteiger partial charge is 0.480 e. The fraction of sp³-hybridized carbons (Fsp3) is 0.619. The zero-order valence-corrected chi connectivity index (χ0v) is 16.1. The molecule has 2 N–H and O–H groups in total. The van der Waals surface area contributed by atoms with E-state index in [-0.39, 0.29) is 24.7 Å². The number of carboxylic acid groups (broad SMARTS) is 1. The van der Waals surface area contributed by atoms with Gasteiger partial charge in [0.15, 0.2) is 0 Å². The third kappa shape index (κ3) is 5.22. The molecule has 1 heterocycles. The number of benzene rings is 1. The van der Waals surface area contributed by atoms with Crippen LogP contribution in [0.4, 0.5) is 4.79 Å². The number of aliphatic carboxylic acids is 1. The molecule has 1 aliphatic carbocycles. The number of likely N-dealkylation sites (N-methyl/N-ethyl adjacent to an activating group) is 1. The van der Waals surface area contributed by atoms with Crippen molar-refractivity contribution in [1.29, 1.82) is 0 Å². The van der Waals surface area contributed by atoms with Crippen LogP contribution in [0.2, 0.25) is 0 Å². The van der Waals surface area contributed by atoms with Gasteiger partial charge < -0.3 is 15.3 Å². The molecule has 1 aromatic rings. The van der Waals surface area contributed by atoms with E-state index >= 15 is 0 Å². The van der Waals surface area contributed by atoms with Gasteiger partial charge in [0, 0.05) is 31.1 Å². The highest BCUT2D eigenvalue weighted by Crippen LogP contribution is 2.34. The van der Waals surface area contributed by atoms with Gasteiger partial charge in [0.05, 0.1) is 6.54 Å². The van der Waals surface area contributed by atoms with Crippen molar-refractivity contribution >= 4 is 12.0 Å². The first-order chi connectivity index (χ1) is 13.0. The maximum Gasteiger partial charge on any atom is 0.317 e. The molecule has 6 nitrogen and oxygen atoms in total. The van der Waals surface area contributed by atoms with E-state index in [4.69, 9.17) is 5.11 Å². The average molecular weight is 373 g/mol. The van der Waals surface area contributed by atoms with Crippen LogP contribution in [0.5, 0.6) is 0 Å². The number of hydrogen-bond acceptors (Lipinski definition) is 3. The van der Waals surface area contributed by atoms with E-state index in [0.717, 1.165) is 45.1 Å². The Hall–Kier alpha value is -2.08. The molecule has 148 valence electrons. The monoisotopic (exact) mass is 373 g/mol. The Morgan fingerprint density at radius 2 is 1.89 bits per heavy atom. The molecule has 1 saturated carbocycles. The molecule has 6 heteroatoms. The van der Waals surface area contributed by atoms with Crippen molar-refractivity contribution in [2.45, 2.75) is 56.5 Å². The SMILES string of the molecule is CN(CC(=O)O)C1CCCN(C(=O)N[C@@H]2CCC[C@H]2c2ccccc2)CC1. The van der Waals surface area contributed by atoms with E-state index < -0.39 is 5.97 Å². The van der Waals surface area contributed by atoms with Crippen molar-refractivity contribution in [1.82, 2.24) is 15.1 Å². The molecule has 1 aliphatic heterocycles. The van der Waals surface area contributed by atoms with Crippen molar-refractivity contribution in [3.05, 3.63) is 35.9 Å². The van der Waals surface area contributed by atoms with Crippen LogP contribution in [0.3, 0.4) is 0 Å². The van der Waals surface area contributed by atoms with Crippen molar-refractivity contribution < 1.29 is 14.7 Å². The van der Waals surface area contributed by atoms with Gasteiger partial charge in [-0.05, 0) is 44.7 Å². The summed E-state index contributed by atoms with van der Waals surface area (Å²) in [6, 6.07) is 10.9. The number of amides is 2. The van der Waals surface area contributed by atoms with Gasteiger partial charge in [0.1, 0.15) is 0 Å². The Morgan fingerprint density at radius 1 is 1.11 bits per heavy atom. The van der Waals surface area contributed by atoms with E-state index in [1.165, 1.54) is 5.56 Å². The van der Waals surface area contributed by atoms with Crippen LogP contribution in [0.15, 0.2) is 30.3 Å². The highest BCUT2D eigenvalue weighted by Gasteiger charge is 2.31. The number of hydrogen-bond donors (Lipinski definition) is 2. The summed E-state index contributed by atoms with van der Waals surface area (Å²) in [5.74, 6) is -0.402. The minimum absolute atomic E-state index is 0.0318. The summed E-state index contributed by atoms with van der Waals surface area (Å²) in [5, 5.41) is 12.3. The van der Waals surface area contributed by atoms with E-state index in [1.54, 1.807) is 0 Å². The number of nitrogens with one attached hydrogen (secondary N) is 1. The summed E-state index contributed by atoms with van der Waals surface area (Å²) in [7, 11) is 1.86. The van der Waals surface area contributed by atoms with Crippen LogP contribution >= 0.6 is 0 Å². The Kier molecular flexibility index (Phi) is 6.72. The Labute approximate surface area is 161 Å². The molecule has 0 aromatic heterocycles. The molecule has 27 heavy (non-hydrogen) atoms. The van der Waals surface area contributed by atoms with Gasteiger partial charge in [-0.1, -0.05) is 36.8 Å². The quantitative estimate of drug-likeness (QED) is 0.832. The van der Waals surface area contributed by atoms with Crippen LogP contribution in [0.1, 0.15) is 50.0 Å². The number of rotatable bonds is 5. The van der Waals surface area contributed by atoms with E-state index in [9.17, 15) is 9.59 Å². The highest BCUT2D eigenvalue weighted by atomic mass is 16.4. The normalized spacial score (nSPS) is 26.0. The van der Waals surface area contributed by atoms with Crippen LogP contribution in [-0.2, 0) is 4.79 Å². The van der Waals surface area contributed by atoms with Crippen molar-refractivity contribution in [3.63, 3.8) is 0 Å². The standard InChI is InChI=1S/C21H31N3O3/c1-23(15-20(25)26)17-9-6-13-24(14-12-17)21(27)22-19-11-5-10-18(19)16-7-3-2-4-8-16/h2-4,7-8,17-19H,5-6,9-15H2,1H3,(H,22,27)(H,25,26)/t17?,18-,19+/m0/s1. The first kappa shape index (κ1) is 19.7. The topological polar surface area (TPSA) is 72.9 Å². The summed E-state index contributed by atoms with van der Waals surface area (Å²) >= 11 is 0. The van der Waals surface area contributed by atoms with Crippen LogP contribution in [-0.4, -0.2) is 65.7 Å².